The van der Waals surface area contributed by atoms with Crippen molar-refractivity contribution in [3.05, 3.63) is 47.2 Å². The minimum atomic E-state index is -0.0606. The second-order valence-electron chi connectivity index (χ2n) is 6.14. The molecule has 1 aliphatic heterocycles. The zero-order valence-corrected chi connectivity index (χ0v) is 14.5. The first-order chi connectivity index (χ1) is 9.48. The highest BCUT2D eigenvalue weighted by molar-refractivity contribution is 6.24. The number of halogens is 1. The number of quaternary nitrogens is 1. The van der Waals surface area contributed by atoms with Crippen molar-refractivity contribution in [1.29, 1.82) is 0 Å². The molecule has 0 bridgehead atoms. The number of ketones is 2. The lowest BCUT2D eigenvalue weighted by molar-refractivity contribution is -0.894. The summed E-state index contributed by atoms with van der Waals surface area (Å²) >= 11 is 0. The smallest absolute Gasteiger partial charge is 0.209 e. The molecule has 5 heteroatoms. The van der Waals surface area contributed by atoms with Crippen LogP contribution < -0.4 is 24.0 Å². The average Bonchev–Trinajstić information content (AvgIpc) is 2.43. The van der Waals surface area contributed by atoms with Gasteiger partial charge in [-0.25, -0.2) is 0 Å². The minimum Gasteiger partial charge on any atom is -1.00 e. The molecular weight excluding hydrogens is 379 g/mol. The molecule has 3 rings (SSSR count). The van der Waals surface area contributed by atoms with Crippen molar-refractivity contribution >= 4 is 11.6 Å². The topological polar surface area (TPSA) is 37.4 Å². The maximum atomic E-state index is 12.6. The number of piperazine rings is 1. The number of hydrogen-bond acceptors (Lipinski definition) is 3. The first kappa shape index (κ1) is 16.2. The van der Waals surface area contributed by atoms with Gasteiger partial charge >= 0.3 is 0 Å². The summed E-state index contributed by atoms with van der Waals surface area (Å²) in [6.07, 6.45) is 1.51. The molecule has 0 N–H and O–H groups in total. The highest BCUT2D eigenvalue weighted by Crippen LogP contribution is 2.24. The Hall–Kier alpha value is -1.21. The van der Waals surface area contributed by atoms with Crippen LogP contribution in [-0.4, -0.2) is 61.2 Å². The third kappa shape index (κ3) is 3.03. The molecule has 1 aromatic carbocycles. The SMILES string of the molecule is C[N+]1(C)CCN(C2=CC(=O)c3ccccc3C2=O)CC1.[I-]. The van der Waals surface area contributed by atoms with Crippen molar-refractivity contribution in [2.45, 2.75) is 0 Å². The quantitative estimate of drug-likeness (QED) is 0.420. The predicted octanol–water partition coefficient (Wildman–Crippen LogP) is -1.65. The van der Waals surface area contributed by atoms with Crippen LogP contribution >= 0.6 is 0 Å². The summed E-state index contributed by atoms with van der Waals surface area (Å²) in [5.74, 6) is -0.0815. The number of allylic oxidation sites excluding steroid dienone is 2. The molecule has 2 aliphatic rings. The maximum absolute atomic E-state index is 12.6. The van der Waals surface area contributed by atoms with E-state index in [4.69, 9.17) is 0 Å². The minimum absolute atomic E-state index is 0. The monoisotopic (exact) mass is 398 g/mol. The van der Waals surface area contributed by atoms with Gasteiger partial charge in [0.05, 0.1) is 46.0 Å². The van der Waals surface area contributed by atoms with Crippen LogP contribution in [0.25, 0.3) is 0 Å². The molecule has 0 radical (unpaired) electrons. The van der Waals surface area contributed by atoms with Crippen molar-refractivity contribution in [1.82, 2.24) is 4.90 Å². The van der Waals surface area contributed by atoms with Gasteiger partial charge in [-0.3, -0.25) is 9.59 Å². The van der Waals surface area contributed by atoms with Gasteiger partial charge in [0.2, 0.25) is 5.78 Å². The number of likely N-dealkylation sites (N-methyl/N-ethyl adjacent to an activating group) is 1. The highest BCUT2D eigenvalue weighted by atomic mass is 127. The molecule has 1 fully saturated rings. The fourth-order valence-corrected chi connectivity index (χ4v) is 2.78. The maximum Gasteiger partial charge on any atom is 0.209 e. The van der Waals surface area contributed by atoms with Crippen LogP contribution in [0.3, 0.4) is 0 Å². The van der Waals surface area contributed by atoms with Gasteiger partial charge in [-0.05, 0) is 0 Å². The van der Waals surface area contributed by atoms with Gasteiger partial charge in [0.25, 0.3) is 0 Å². The van der Waals surface area contributed by atoms with E-state index in [1.807, 2.05) is 6.07 Å². The molecule has 0 amide bonds. The first-order valence-corrected chi connectivity index (χ1v) is 6.95. The van der Waals surface area contributed by atoms with Gasteiger partial charge in [0, 0.05) is 17.2 Å². The lowest BCUT2D eigenvalue weighted by atomic mass is 9.92. The van der Waals surface area contributed by atoms with Gasteiger partial charge in [0.1, 0.15) is 0 Å². The van der Waals surface area contributed by atoms with Crippen LogP contribution in [0.1, 0.15) is 20.7 Å². The lowest BCUT2D eigenvalue weighted by Gasteiger charge is -2.40. The molecule has 0 unspecified atom stereocenters. The third-order valence-electron chi connectivity index (χ3n) is 4.23. The number of benzene rings is 1. The molecule has 1 aromatic rings. The molecule has 4 nitrogen and oxygen atoms in total. The van der Waals surface area contributed by atoms with Crippen molar-refractivity contribution in [3.8, 4) is 0 Å². The van der Waals surface area contributed by atoms with Crippen molar-refractivity contribution in [3.63, 3.8) is 0 Å². The van der Waals surface area contributed by atoms with Gasteiger partial charge in [-0.2, -0.15) is 0 Å². The third-order valence-corrected chi connectivity index (χ3v) is 4.23. The standard InChI is InChI=1S/C16H19N2O2.HI/c1-18(2)9-7-17(8-10-18)14-11-15(19)12-5-3-4-6-13(12)16(14)20;/h3-6,11H,7-10H2,1-2H3;1H/q+1;/p-1. The predicted molar refractivity (Wildman–Crippen MR) is 76.6 cm³/mol. The normalized spacial score (nSPS) is 20.5. The Morgan fingerprint density at radius 3 is 2.19 bits per heavy atom. The number of carbonyl (C=O) groups is 2. The molecule has 0 saturated carbocycles. The van der Waals surface area contributed by atoms with Crippen LogP contribution in [0.15, 0.2) is 36.0 Å². The Balaban J connectivity index is 0.00000161. The first-order valence-electron chi connectivity index (χ1n) is 6.95. The number of carbonyl (C=O) groups excluding carboxylic acids is 2. The van der Waals surface area contributed by atoms with Crippen LogP contribution in [-0.2, 0) is 0 Å². The van der Waals surface area contributed by atoms with E-state index in [-0.39, 0.29) is 35.5 Å². The van der Waals surface area contributed by atoms with Gasteiger partial charge < -0.3 is 33.4 Å². The van der Waals surface area contributed by atoms with E-state index >= 15 is 0 Å². The fourth-order valence-electron chi connectivity index (χ4n) is 2.78. The zero-order chi connectivity index (χ0) is 14.3. The van der Waals surface area contributed by atoms with E-state index in [1.165, 1.54) is 6.08 Å². The van der Waals surface area contributed by atoms with Crippen molar-refractivity contribution < 1.29 is 38.0 Å². The van der Waals surface area contributed by atoms with Crippen LogP contribution in [0.5, 0.6) is 0 Å². The van der Waals surface area contributed by atoms with E-state index in [9.17, 15) is 9.59 Å². The molecule has 1 heterocycles. The molecule has 0 spiro atoms. The van der Waals surface area contributed by atoms with Crippen LogP contribution in [0.2, 0.25) is 0 Å². The second kappa shape index (κ2) is 5.88. The molecule has 21 heavy (non-hydrogen) atoms. The van der Waals surface area contributed by atoms with E-state index < -0.39 is 0 Å². The van der Waals surface area contributed by atoms with Gasteiger partial charge in [-0.1, -0.05) is 24.3 Å². The van der Waals surface area contributed by atoms with E-state index in [0.29, 0.717) is 16.8 Å². The average molecular weight is 398 g/mol. The highest BCUT2D eigenvalue weighted by Gasteiger charge is 2.32. The van der Waals surface area contributed by atoms with E-state index in [2.05, 4.69) is 19.0 Å². The Kier molecular flexibility index (Phi) is 4.53. The molecule has 1 aliphatic carbocycles. The molecule has 0 atom stereocenters. The number of fused-ring (bicyclic) bond motifs is 1. The van der Waals surface area contributed by atoms with E-state index in [0.717, 1.165) is 30.7 Å². The van der Waals surface area contributed by atoms with Crippen molar-refractivity contribution in [2.75, 3.05) is 40.3 Å². The van der Waals surface area contributed by atoms with Crippen molar-refractivity contribution in [2.24, 2.45) is 0 Å². The summed E-state index contributed by atoms with van der Waals surface area (Å²) in [6.45, 7) is 3.61. The summed E-state index contributed by atoms with van der Waals surface area (Å²) < 4.78 is 0.961. The summed E-state index contributed by atoms with van der Waals surface area (Å²) in [4.78, 5) is 26.8. The van der Waals surface area contributed by atoms with Crippen LogP contribution in [0, 0.1) is 0 Å². The second-order valence-corrected chi connectivity index (χ2v) is 6.14. The van der Waals surface area contributed by atoms with Gasteiger partial charge in [0.15, 0.2) is 5.78 Å². The summed E-state index contributed by atoms with van der Waals surface area (Å²) in [5.41, 5.74) is 1.62. The molecule has 0 aromatic heterocycles. The Morgan fingerprint density at radius 1 is 1.00 bits per heavy atom. The number of hydrogen-bond donors (Lipinski definition) is 0. The Bertz CT molecular complexity index is 612. The lowest BCUT2D eigenvalue weighted by Crippen LogP contribution is -3.00. The Labute approximate surface area is 142 Å². The number of Topliss-reactive ketones (excluding diaryl/α,β-unsaturated/α-hetero) is 1. The Morgan fingerprint density at radius 2 is 1.57 bits per heavy atom. The largest absolute Gasteiger partial charge is 1.00 e. The summed E-state index contributed by atoms with van der Waals surface area (Å²) in [7, 11) is 4.38. The number of rotatable bonds is 1. The zero-order valence-electron chi connectivity index (χ0n) is 12.3. The number of nitrogens with zero attached hydrogens (tertiary/aromatic N) is 2. The van der Waals surface area contributed by atoms with Crippen LogP contribution in [0.4, 0.5) is 0 Å². The van der Waals surface area contributed by atoms with E-state index in [1.54, 1.807) is 18.2 Å². The summed E-state index contributed by atoms with van der Waals surface area (Å²) in [6, 6.07) is 7.07. The fraction of sp³-hybridized carbons (Fsp3) is 0.375. The molecular formula is C16H19IN2O2. The molecule has 1 saturated heterocycles. The summed E-state index contributed by atoms with van der Waals surface area (Å²) in [5, 5.41) is 0. The van der Waals surface area contributed by atoms with Gasteiger partial charge in [-0.15, -0.1) is 0 Å². The molecule has 112 valence electrons.